The third-order valence-electron chi connectivity index (χ3n) is 2.44. The first-order chi connectivity index (χ1) is 6.74. The minimum atomic E-state index is -0.297. The molecule has 3 heteroatoms. The topological polar surface area (TPSA) is 26.3 Å². The second-order valence-electron chi connectivity index (χ2n) is 3.47. The summed E-state index contributed by atoms with van der Waals surface area (Å²) >= 11 is 6.06. The second-order valence-corrected chi connectivity index (χ2v) is 3.87. The number of ether oxygens (including phenoxy) is 1. The summed E-state index contributed by atoms with van der Waals surface area (Å²) in [6.07, 6.45) is 2.24. The summed E-state index contributed by atoms with van der Waals surface area (Å²) in [5, 5.41) is 0.676. The van der Waals surface area contributed by atoms with Crippen LogP contribution in [-0.2, 0) is 4.74 Å². The van der Waals surface area contributed by atoms with Crippen LogP contribution in [0.3, 0.4) is 0 Å². The molecule has 0 aliphatic heterocycles. The maximum Gasteiger partial charge on any atom is 0.338 e. The number of methoxy groups -OCH3 is 1. The Hall–Kier alpha value is -1.02. The van der Waals surface area contributed by atoms with Crippen LogP contribution in [-0.4, -0.2) is 13.1 Å². The van der Waals surface area contributed by atoms with Crippen LogP contribution in [0.5, 0.6) is 0 Å². The number of carbonyl (C=O) groups excluding carboxylic acids is 1. The molecule has 1 saturated carbocycles. The Bertz CT molecular complexity index is 370. The fourth-order valence-corrected chi connectivity index (χ4v) is 1.94. The maximum absolute atomic E-state index is 11.4. The van der Waals surface area contributed by atoms with Crippen molar-refractivity contribution in [2.24, 2.45) is 0 Å². The largest absolute Gasteiger partial charge is 0.465 e. The Morgan fingerprint density at radius 2 is 2.21 bits per heavy atom. The molecule has 0 saturated heterocycles. The molecule has 1 fully saturated rings. The molecule has 1 aromatic carbocycles. The molecule has 1 aromatic rings. The van der Waals surface area contributed by atoms with Gasteiger partial charge >= 0.3 is 5.97 Å². The van der Waals surface area contributed by atoms with Gasteiger partial charge in [-0.15, -0.1) is 0 Å². The van der Waals surface area contributed by atoms with Crippen molar-refractivity contribution in [3.63, 3.8) is 0 Å². The first-order valence-electron chi connectivity index (χ1n) is 4.60. The summed E-state index contributed by atoms with van der Waals surface area (Å²) in [4.78, 5) is 11.4. The van der Waals surface area contributed by atoms with Crippen molar-refractivity contribution in [1.82, 2.24) is 0 Å². The van der Waals surface area contributed by atoms with E-state index in [1.807, 2.05) is 6.07 Å². The third-order valence-corrected chi connectivity index (χ3v) is 2.77. The van der Waals surface area contributed by atoms with Crippen LogP contribution in [0, 0.1) is 0 Å². The van der Waals surface area contributed by atoms with E-state index in [9.17, 15) is 4.79 Å². The van der Waals surface area contributed by atoms with Crippen molar-refractivity contribution in [2.45, 2.75) is 18.8 Å². The van der Waals surface area contributed by atoms with E-state index in [4.69, 9.17) is 16.3 Å². The quantitative estimate of drug-likeness (QED) is 0.702. The summed E-state index contributed by atoms with van der Waals surface area (Å²) in [5.41, 5.74) is 1.57. The number of esters is 1. The lowest BCUT2D eigenvalue weighted by molar-refractivity contribution is 0.0599. The number of carbonyl (C=O) groups is 1. The van der Waals surface area contributed by atoms with Gasteiger partial charge in [-0.25, -0.2) is 4.79 Å². The molecule has 0 bridgehead atoms. The summed E-state index contributed by atoms with van der Waals surface area (Å²) in [5.74, 6) is 0.159. The molecule has 0 amide bonds. The first kappa shape index (κ1) is 9.53. The van der Waals surface area contributed by atoms with Crippen molar-refractivity contribution >= 4 is 17.6 Å². The predicted octanol–water partition coefficient (Wildman–Crippen LogP) is 3.00. The predicted molar refractivity (Wildman–Crippen MR) is 54.8 cm³/mol. The molecule has 74 valence electrons. The molecule has 2 nitrogen and oxygen atoms in total. The lowest BCUT2D eigenvalue weighted by atomic mass is 10.0. The van der Waals surface area contributed by atoms with Gasteiger partial charge in [-0.2, -0.15) is 0 Å². The van der Waals surface area contributed by atoms with Gasteiger partial charge in [0, 0.05) is 5.02 Å². The molecule has 0 aromatic heterocycles. The van der Waals surface area contributed by atoms with E-state index in [1.165, 1.54) is 7.11 Å². The van der Waals surface area contributed by atoms with Gasteiger partial charge in [-0.1, -0.05) is 17.7 Å². The van der Waals surface area contributed by atoms with Gasteiger partial charge < -0.3 is 4.74 Å². The third kappa shape index (κ3) is 1.62. The summed E-state index contributed by atoms with van der Waals surface area (Å²) in [7, 11) is 1.39. The van der Waals surface area contributed by atoms with Gasteiger partial charge in [0.1, 0.15) is 0 Å². The number of halogens is 1. The van der Waals surface area contributed by atoms with Gasteiger partial charge in [-0.05, 0) is 36.5 Å². The molecule has 0 heterocycles. The smallest absolute Gasteiger partial charge is 0.338 e. The summed E-state index contributed by atoms with van der Waals surface area (Å²) < 4.78 is 4.71. The molecular weight excluding hydrogens is 200 g/mol. The first-order valence-corrected chi connectivity index (χ1v) is 4.98. The van der Waals surface area contributed by atoms with Crippen LogP contribution < -0.4 is 0 Å². The number of benzene rings is 1. The maximum atomic E-state index is 11.4. The van der Waals surface area contributed by atoms with Crippen LogP contribution in [0.4, 0.5) is 0 Å². The Morgan fingerprint density at radius 1 is 1.50 bits per heavy atom. The highest BCUT2D eigenvalue weighted by atomic mass is 35.5. The summed E-state index contributed by atoms with van der Waals surface area (Å²) in [6.45, 7) is 0. The summed E-state index contributed by atoms with van der Waals surface area (Å²) in [6, 6.07) is 5.37. The Labute approximate surface area is 87.8 Å². The highest BCUT2D eigenvalue weighted by Crippen LogP contribution is 2.44. The van der Waals surface area contributed by atoms with E-state index in [0.29, 0.717) is 16.5 Å². The van der Waals surface area contributed by atoms with Crippen molar-refractivity contribution in [2.75, 3.05) is 7.11 Å². The van der Waals surface area contributed by atoms with E-state index in [-0.39, 0.29) is 5.97 Å². The number of hydrogen-bond donors (Lipinski definition) is 0. The zero-order valence-electron chi connectivity index (χ0n) is 7.92. The van der Waals surface area contributed by atoms with Crippen LogP contribution in [0.1, 0.15) is 34.7 Å². The average molecular weight is 211 g/mol. The van der Waals surface area contributed by atoms with E-state index in [2.05, 4.69) is 0 Å². The fourth-order valence-electron chi connectivity index (χ4n) is 1.61. The zero-order chi connectivity index (χ0) is 10.1. The highest BCUT2D eigenvalue weighted by Gasteiger charge is 2.30. The van der Waals surface area contributed by atoms with Crippen molar-refractivity contribution in [1.29, 1.82) is 0 Å². The van der Waals surface area contributed by atoms with Gasteiger partial charge in [0.15, 0.2) is 0 Å². The monoisotopic (exact) mass is 210 g/mol. The number of rotatable bonds is 2. The number of hydrogen-bond acceptors (Lipinski definition) is 2. The molecule has 1 aliphatic rings. The standard InChI is InChI=1S/C11H11ClO2/c1-14-11(13)8-3-2-4-9(12)10(8)7-5-6-7/h2-4,7H,5-6H2,1H3. The van der Waals surface area contributed by atoms with Crippen molar-refractivity contribution in [3.05, 3.63) is 34.3 Å². The SMILES string of the molecule is COC(=O)c1cccc(Cl)c1C1CC1. The highest BCUT2D eigenvalue weighted by molar-refractivity contribution is 6.32. The second kappa shape index (κ2) is 3.62. The van der Waals surface area contributed by atoms with E-state index >= 15 is 0 Å². The Morgan fingerprint density at radius 3 is 2.79 bits per heavy atom. The zero-order valence-corrected chi connectivity index (χ0v) is 8.67. The molecule has 14 heavy (non-hydrogen) atoms. The molecule has 1 aliphatic carbocycles. The Kier molecular flexibility index (Phi) is 2.46. The van der Waals surface area contributed by atoms with Crippen LogP contribution >= 0.6 is 11.6 Å². The van der Waals surface area contributed by atoms with Crippen LogP contribution in [0.15, 0.2) is 18.2 Å². The normalized spacial score (nSPS) is 15.3. The van der Waals surface area contributed by atoms with Gasteiger partial charge in [0.05, 0.1) is 12.7 Å². The van der Waals surface area contributed by atoms with Gasteiger partial charge in [0.2, 0.25) is 0 Å². The minimum absolute atomic E-state index is 0.297. The molecule has 0 radical (unpaired) electrons. The molecule has 0 spiro atoms. The molecule has 2 rings (SSSR count). The lowest BCUT2D eigenvalue weighted by Gasteiger charge is -2.08. The Balaban J connectivity index is 2.47. The van der Waals surface area contributed by atoms with Gasteiger partial charge in [-0.3, -0.25) is 0 Å². The average Bonchev–Trinajstić information content (AvgIpc) is 3.00. The van der Waals surface area contributed by atoms with Crippen molar-refractivity contribution < 1.29 is 9.53 Å². The van der Waals surface area contributed by atoms with E-state index in [0.717, 1.165) is 18.4 Å². The fraction of sp³-hybridized carbons (Fsp3) is 0.364. The van der Waals surface area contributed by atoms with E-state index < -0.39 is 0 Å². The minimum Gasteiger partial charge on any atom is -0.465 e. The molecular formula is C11H11ClO2. The van der Waals surface area contributed by atoms with Crippen LogP contribution in [0.2, 0.25) is 5.02 Å². The van der Waals surface area contributed by atoms with Gasteiger partial charge in [0.25, 0.3) is 0 Å². The lowest BCUT2D eigenvalue weighted by Crippen LogP contribution is -2.05. The molecule has 0 atom stereocenters. The molecule has 0 unspecified atom stereocenters. The van der Waals surface area contributed by atoms with Crippen LogP contribution in [0.25, 0.3) is 0 Å². The molecule has 0 N–H and O–H groups in total. The van der Waals surface area contributed by atoms with E-state index in [1.54, 1.807) is 12.1 Å². The van der Waals surface area contributed by atoms with Crippen molar-refractivity contribution in [3.8, 4) is 0 Å².